The molecule has 0 saturated carbocycles. The molecule has 0 radical (unpaired) electrons. The van der Waals surface area contributed by atoms with Crippen LogP contribution in [0.1, 0.15) is 22.3 Å². The minimum Gasteiger partial charge on any atom is -0.0614 e. The maximum atomic E-state index is 2.22. The van der Waals surface area contributed by atoms with Gasteiger partial charge in [-0.1, -0.05) is 89.5 Å². The van der Waals surface area contributed by atoms with E-state index in [9.17, 15) is 0 Å². The zero-order valence-electron chi connectivity index (χ0n) is 14.9. The first-order valence-electron chi connectivity index (χ1n) is 8.46. The molecule has 0 heterocycles. The smallest absolute Gasteiger partial charge is 0.0155 e. The highest BCUT2D eigenvalue weighted by Gasteiger charge is 1.95. The summed E-state index contributed by atoms with van der Waals surface area (Å²) in [5, 5.41) is 5.37. The van der Waals surface area contributed by atoms with Crippen LogP contribution in [-0.2, 0) is 0 Å². The van der Waals surface area contributed by atoms with Crippen molar-refractivity contribution in [3.05, 3.63) is 95.1 Å². The maximum absolute atomic E-state index is 2.22. The number of rotatable bonds is 0. The molecule has 0 fully saturated rings. The highest BCUT2D eigenvalue weighted by atomic mass is 14.0. The molecule has 0 saturated heterocycles. The Bertz CT molecular complexity index is 944. The lowest BCUT2D eigenvalue weighted by Gasteiger charge is -2.01. The van der Waals surface area contributed by atoms with Crippen molar-refractivity contribution in [3.8, 4) is 0 Å². The number of hydrogen-bond donors (Lipinski definition) is 0. The first kappa shape index (κ1) is 16.3. The van der Waals surface area contributed by atoms with E-state index in [0.717, 1.165) is 0 Å². The Kier molecular flexibility index (Phi) is 4.66. The molecule has 0 nitrogen and oxygen atoms in total. The Morgan fingerprint density at radius 1 is 0.458 bits per heavy atom. The summed E-state index contributed by atoms with van der Waals surface area (Å²) in [6, 6.07) is 26.1. The monoisotopic (exact) mass is 312 g/mol. The van der Waals surface area contributed by atoms with Gasteiger partial charge in [-0.25, -0.2) is 0 Å². The van der Waals surface area contributed by atoms with Gasteiger partial charge in [-0.2, -0.15) is 0 Å². The lowest BCUT2D eigenvalue weighted by Crippen LogP contribution is -1.78. The lowest BCUT2D eigenvalue weighted by atomic mass is 10.0. The maximum Gasteiger partial charge on any atom is -0.0155 e. The second kappa shape index (κ2) is 6.88. The van der Waals surface area contributed by atoms with E-state index in [1.807, 2.05) is 0 Å². The van der Waals surface area contributed by atoms with E-state index in [0.29, 0.717) is 0 Å². The van der Waals surface area contributed by atoms with E-state index < -0.39 is 0 Å². The summed E-state index contributed by atoms with van der Waals surface area (Å²) in [4.78, 5) is 0. The van der Waals surface area contributed by atoms with Gasteiger partial charge in [-0.05, 0) is 54.8 Å². The summed E-state index contributed by atoms with van der Waals surface area (Å²) in [7, 11) is 0. The molecule has 4 rings (SSSR count). The van der Waals surface area contributed by atoms with Crippen LogP contribution in [0.15, 0.2) is 72.8 Å². The zero-order valence-corrected chi connectivity index (χ0v) is 14.9. The summed E-state index contributed by atoms with van der Waals surface area (Å²) in [6.45, 7) is 8.53. The minimum atomic E-state index is 1.33. The van der Waals surface area contributed by atoms with Gasteiger partial charge in [-0.3, -0.25) is 0 Å². The van der Waals surface area contributed by atoms with Gasteiger partial charge >= 0.3 is 0 Å². The van der Waals surface area contributed by atoms with E-state index in [1.54, 1.807) is 0 Å². The highest BCUT2D eigenvalue weighted by Crippen LogP contribution is 2.19. The molecular formula is C24H24. The molecule has 4 aromatic rings. The fourth-order valence-corrected chi connectivity index (χ4v) is 3.05. The number of hydrogen-bond acceptors (Lipinski definition) is 0. The van der Waals surface area contributed by atoms with Crippen LogP contribution in [0.5, 0.6) is 0 Å². The molecular weight excluding hydrogens is 288 g/mol. The SMILES string of the molecule is Cc1ccc2c(C)cccc2c1.Cc1ccc2ccc(C)cc2c1. The van der Waals surface area contributed by atoms with Gasteiger partial charge in [0.15, 0.2) is 0 Å². The van der Waals surface area contributed by atoms with Crippen molar-refractivity contribution in [2.24, 2.45) is 0 Å². The van der Waals surface area contributed by atoms with Crippen LogP contribution in [0.3, 0.4) is 0 Å². The molecule has 24 heavy (non-hydrogen) atoms. The average Bonchev–Trinajstić information content (AvgIpc) is 2.55. The van der Waals surface area contributed by atoms with Crippen molar-refractivity contribution in [1.29, 1.82) is 0 Å². The van der Waals surface area contributed by atoms with Gasteiger partial charge in [0.2, 0.25) is 0 Å². The van der Waals surface area contributed by atoms with Gasteiger partial charge < -0.3 is 0 Å². The van der Waals surface area contributed by atoms with Crippen LogP contribution in [0.25, 0.3) is 21.5 Å². The fraction of sp³-hybridized carbons (Fsp3) is 0.167. The Labute approximate surface area is 144 Å². The van der Waals surface area contributed by atoms with Crippen molar-refractivity contribution in [3.63, 3.8) is 0 Å². The molecule has 0 bridgehead atoms. The van der Waals surface area contributed by atoms with E-state index in [1.165, 1.54) is 43.8 Å². The summed E-state index contributed by atoms with van der Waals surface area (Å²) < 4.78 is 0. The number of aryl methyl sites for hydroxylation is 4. The molecule has 0 amide bonds. The van der Waals surface area contributed by atoms with Crippen LogP contribution in [0.2, 0.25) is 0 Å². The molecule has 0 spiro atoms. The normalized spacial score (nSPS) is 10.5. The molecule has 0 N–H and O–H groups in total. The minimum absolute atomic E-state index is 1.33. The van der Waals surface area contributed by atoms with Crippen molar-refractivity contribution < 1.29 is 0 Å². The lowest BCUT2D eigenvalue weighted by molar-refractivity contribution is 1.47. The van der Waals surface area contributed by atoms with Crippen LogP contribution in [0, 0.1) is 27.7 Å². The van der Waals surface area contributed by atoms with E-state index >= 15 is 0 Å². The fourth-order valence-electron chi connectivity index (χ4n) is 3.05. The third-order valence-corrected chi connectivity index (χ3v) is 4.41. The molecule has 0 unspecified atom stereocenters. The molecule has 0 heteroatoms. The molecule has 0 atom stereocenters. The second-order valence-electron chi connectivity index (χ2n) is 6.65. The molecule has 120 valence electrons. The number of fused-ring (bicyclic) bond motifs is 2. The van der Waals surface area contributed by atoms with E-state index in [4.69, 9.17) is 0 Å². The van der Waals surface area contributed by atoms with Gasteiger partial charge in [0.05, 0.1) is 0 Å². The highest BCUT2D eigenvalue weighted by molar-refractivity contribution is 5.86. The molecule has 0 aliphatic rings. The van der Waals surface area contributed by atoms with Crippen molar-refractivity contribution >= 4 is 21.5 Å². The van der Waals surface area contributed by atoms with E-state index in [2.05, 4.69) is 100 Å². The second-order valence-corrected chi connectivity index (χ2v) is 6.65. The quantitative estimate of drug-likeness (QED) is 0.331. The van der Waals surface area contributed by atoms with Crippen molar-refractivity contribution in [1.82, 2.24) is 0 Å². The van der Waals surface area contributed by atoms with Gasteiger partial charge in [0.25, 0.3) is 0 Å². The first-order chi connectivity index (χ1) is 11.5. The first-order valence-corrected chi connectivity index (χ1v) is 8.46. The summed E-state index contributed by atoms with van der Waals surface area (Å²) in [5.41, 5.74) is 5.34. The van der Waals surface area contributed by atoms with Crippen molar-refractivity contribution in [2.45, 2.75) is 27.7 Å². The zero-order chi connectivity index (χ0) is 17.1. The third kappa shape index (κ3) is 3.65. The summed E-state index contributed by atoms with van der Waals surface area (Å²) >= 11 is 0. The molecule has 0 aliphatic heterocycles. The van der Waals surface area contributed by atoms with Crippen molar-refractivity contribution in [2.75, 3.05) is 0 Å². The van der Waals surface area contributed by atoms with Gasteiger partial charge in [-0.15, -0.1) is 0 Å². The summed E-state index contributed by atoms with van der Waals surface area (Å²) in [5.74, 6) is 0. The van der Waals surface area contributed by atoms with Gasteiger partial charge in [0.1, 0.15) is 0 Å². The Morgan fingerprint density at radius 2 is 1.00 bits per heavy atom. The Balaban J connectivity index is 0.000000141. The van der Waals surface area contributed by atoms with Crippen LogP contribution in [0.4, 0.5) is 0 Å². The van der Waals surface area contributed by atoms with Crippen LogP contribution in [-0.4, -0.2) is 0 Å². The topological polar surface area (TPSA) is 0 Å². The largest absolute Gasteiger partial charge is 0.0614 e. The predicted octanol–water partition coefficient (Wildman–Crippen LogP) is 6.91. The predicted molar refractivity (Wildman–Crippen MR) is 107 cm³/mol. The number of benzene rings is 4. The average molecular weight is 312 g/mol. The Hall–Kier alpha value is -2.60. The molecule has 0 aromatic heterocycles. The third-order valence-electron chi connectivity index (χ3n) is 4.41. The Morgan fingerprint density at radius 3 is 1.62 bits per heavy atom. The van der Waals surface area contributed by atoms with Gasteiger partial charge in [0, 0.05) is 0 Å². The van der Waals surface area contributed by atoms with E-state index in [-0.39, 0.29) is 0 Å². The standard InChI is InChI=1S/2C12H12/c1-9-3-5-11-6-4-10(2)8-12(11)7-9;1-9-6-7-12-10(2)4-3-5-11(12)8-9/h2*3-8H,1-2H3. The van der Waals surface area contributed by atoms with Crippen LogP contribution >= 0.6 is 0 Å². The molecule has 4 aromatic carbocycles. The van der Waals surface area contributed by atoms with Crippen LogP contribution < -0.4 is 0 Å². The summed E-state index contributed by atoms with van der Waals surface area (Å²) in [6.07, 6.45) is 0. The molecule has 0 aliphatic carbocycles.